The largest absolute Gasteiger partial charge is 0.463 e. The zero-order valence-electron chi connectivity index (χ0n) is 46.4. The standard InChI is InChI=1S/C55H88O21/c1-13-25(2)50(62)73-39-21-35-34(55(63)19-17-33(54(39,55)9)26(3)67-30(7)57)15-14-31-20-32(16-18-53(31,35)8)71-40-22-36(64-10)46(27(4)68-40)74-41-23-37(65-11)47(28(5)69-41)75-52-45(61)49(66-12)48(29(6)70-52)76-51-44(60)43(59)42(58)38(24-56)72-51/h13-14,26-29,32-49,51-52,56,58-61,63H,15-24H2,1-12H3/b25-13+/t26-,27-,28-,29-,32+,33-,34-,35+,36+,37+,38-,39-,40+,41+,42-,43+,44-,45-,46+,47+,48-,49+,51+,52+,53+,54+,55+/m1/s1. The Morgan fingerprint density at radius 1 is 0.737 bits per heavy atom. The molecule has 8 aliphatic rings. The highest BCUT2D eigenvalue weighted by atomic mass is 16.8. The minimum absolute atomic E-state index is 0.0339. The van der Waals surface area contributed by atoms with E-state index in [1.165, 1.54) is 19.6 Å². The lowest BCUT2D eigenvalue weighted by Gasteiger charge is -2.63. The van der Waals surface area contributed by atoms with Crippen molar-refractivity contribution in [2.24, 2.45) is 28.6 Å². The highest BCUT2D eigenvalue weighted by molar-refractivity contribution is 5.87. The summed E-state index contributed by atoms with van der Waals surface area (Å²) in [5, 5.41) is 65.5. The normalized spacial score (nSPS) is 49.2. The van der Waals surface area contributed by atoms with Crippen LogP contribution in [0, 0.1) is 28.6 Å². The average Bonchev–Trinajstić information content (AvgIpc) is 3.82. The lowest BCUT2D eigenvalue weighted by atomic mass is 9.44. The number of ether oxygens (including phenoxy) is 13. The van der Waals surface area contributed by atoms with Crippen LogP contribution in [0.3, 0.4) is 0 Å². The number of aliphatic hydroxyl groups is 6. The molecule has 6 N–H and O–H groups in total. The third-order valence-electron chi connectivity index (χ3n) is 19.3. The van der Waals surface area contributed by atoms with E-state index in [0.717, 1.165) is 12.8 Å². The van der Waals surface area contributed by atoms with Gasteiger partial charge in [-0.2, -0.15) is 0 Å². The molecule has 27 atom stereocenters. The predicted molar refractivity (Wildman–Crippen MR) is 266 cm³/mol. The molecule has 0 aromatic rings. The van der Waals surface area contributed by atoms with Crippen LogP contribution in [-0.2, 0) is 71.2 Å². The monoisotopic (exact) mass is 1080 g/mol. The summed E-state index contributed by atoms with van der Waals surface area (Å²) in [6, 6.07) is 0. The van der Waals surface area contributed by atoms with Crippen molar-refractivity contribution in [1.82, 2.24) is 0 Å². The third-order valence-corrected chi connectivity index (χ3v) is 19.3. The molecule has 4 aliphatic heterocycles. The van der Waals surface area contributed by atoms with Crippen LogP contribution in [0.5, 0.6) is 0 Å². The number of carbonyl (C=O) groups excluding carboxylic acids is 2. The van der Waals surface area contributed by atoms with Gasteiger partial charge in [0.2, 0.25) is 0 Å². The molecule has 0 bridgehead atoms. The van der Waals surface area contributed by atoms with Crippen molar-refractivity contribution < 1.29 is 102 Å². The summed E-state index contributed by atoms with van der Waals surface area (Å²) in [5.41, 5.74) is -0.489. The molecule has 4 saturated heterocycles. The summed E-state index contributed by atoms with van der Waals surface area (Å²) in [5.74, 6) is -1.02. The number of fused-ring (bicyclic) bond motifs is 5. The number of hydrogen-bond donors (Lipinski definition) is 6. The van der Waals surface area contributed by atoms with Gasteiger partial charge in [0.05, 0.1) is 48.8 Å². The molecule has 76 heavy (non-hydrogen) atoms. The van der Waals surface area contributed by atoms with Crippen LogP contribution in [0.15, 0.2) is 23.3 Å². The molecule has 21 nitrogen and oxygen atoms in total. The Morgan fingerprint density at radius 2 is 1.34 bits per heavy atom. The second-order valence-electron chi connectivity index (χ2n) is 23.3. The maximum Gasteiger partial charge on any atom is 0.333 e. The van der Waals surface area contributed by atoms with Crippen LogP contribution >= 0.6 is 0 Å². The molecule has 7 fully saturated rings. The van der Waals surface area contributed by atoms with Crippen molar-refractivity contribution in [3.63, 3.8) is 0 Å². The zero-order valence-corrected chi connectivity index (χ0v) is 46.4. The van der Waals surface area contributed by atoms with Gasteiger partial charge in [0, 0.05) is 58.0 Å². The first-order valence-corrected chi connectivity index (χ1v) is 27.6. The van der Waals surface area contributed by atoms with Gasteiger partial charge in [-0.05, 0) is 104 Å². The number of methoxy groups -OCH3 is 3. The van der Waals surface area contributed by atoms with E-state index in [2.05, 4.69) is 13.0 Å². The molecule has 21 heteroatoms. The van der Waals surface area contributed by atoms with Crippen molar-refractivity contribution in [3.8, 4) is 0 Å². The predicted octanol–water partition coefficient (Wildman–Crippen LogP) is 2.88. The van der Waals surface area contributed by atoms with Gasteiger partial charge in [0.15, 0.2) is 25.2 Å². The van der Waals surface area contributed by atoms with E-state index in [4.69, 9.17) is 61.6 Å². The Morgan fingerprint density at radius 3 is 1.95 bits per heavy atom. The van der Waals surface area contributed by atoms with Gasteiger partial charge in [0.25, 0.3) is 0 Å². The van der Waals surface area contributed by atoms with Gasteiger partial charge in [-0.3, -0.25) is 4.79 Å². The van der Waals surface area contributed by atoms with E-state index >= 15 is 0 Å². The first-order valence-electron chi connectivity index (χ1n) is 27.6. The smallest absolute Gasteiger partial charge is 0.333 e. The van der Waals surface area contributed by atoms with Crippen LogP contribution in [0.25, 0.3) is 0 Å². The van der Waals surface area contributed by atoms with E-state index < -0.39 is 146 Å². The molecule has 0 unspecified atom stereocenters. The van der Waals surface area contributed by atoms with Gasteiger partial charge in [-0.25, -0.2) is 4.79 Å². The number of allylic oxidation sites excluding steroid dienone is 2. The fraction of sp³-hybridized carbons (Fsp3) is 0.891. The van der Waals surface area contributed by atoms with Crippen LogP contribution < -0.4 is 0 Å². The van der Waals surface area contributed by atoms with Crippen molar-refractivity contribution in [1.29, 1.82) is 0 Å². The fourth-order valence-electron chi connectivity index (χ4n) is 14.8. The Labute approximate surface area is 447 Å². The molecule has 0 spiro atoms. The highest BCUT2D eigenvalue weighted by Gasteiger charge is 2.72. The SMILES string of the molecule is C/C=C(\C)C(=O)O[C@@H]1C[C@H]2[C@@H](CC=C3C[C@@H](O[C@H]4C[C@H](OC)[C@@H](O[C@H]5C[C@H](OC)[C@@H](O[C@@H]6O[C@H](C)[C@@H](O[C@@H]7O[C@H](CO)[C@@H](O)[C@H](O)[C@H]7O)[C@@H](OC)[C@H]6O)[C@@H](C)O5)[C@@H](C)O4)CC[C@@]32C)[C@@]2(O)CC[C@H]([C@@H](C)OC(C)=O)[C@@]12C. The maximum atomic E-state index is 13.5. The number of esters is 2. The van der Waals surface area contributed by atoms with E-state index in [9.17, 15) is 40.2 Å². The van der Waals surface area contributed by atoms with E-state index in [0.29, 0.717) is 44.1 Å². The number of rotatable bonds is 16. The van der Waals surface area contributed by atoms with Crippen molar-refractivity contribution >= 4 is 11.9 Å². The van der Waals surface area contributed by atoms with Gasteiger partial charge in [0.1, 0.15) is 67.1 Å². The van der Waals surface area contributed by atoms with Gasteiger partial charge in [-0.1, -0.05) is 31.6 Å². The summed E-state index contributed by atoms with van der Waals surface area (Å²) >= 11 is 0. The Kier molecular flexibility index (Phi) is 18.9. The Balaban J connectivity index is 0.873. The summed E-state index contributed by atoms with van der Waals surface area (Å²) in [6.07, 6.45) is -9.58. The summed E-state index contributed by atoms with van der Waals surface area (Å²) < 4.78 is 80.3. The first kappa shape index (κ1) is 59.9. The van der Waals surface area contributed by atoms with Crippen LogP contribution in [0.1, 0.15) is 120 Å². The molecule has 0 radical (unpaired) electrons. The van der Waals surface area contributed by atoms with Crippen LogP contribution in [-0.4, -0.2) is 205 Å². The summed E-state index contributed by atoms with van der Waals surface area (Å²) in [4.78, 5) is 25.7. The number of hydrogen-bond acceptors (Lipinski definition) is 21. The molecule has 4 heterocycles. The van der Waals surface area contributed by atoms with Gasteiger partial charge < -0.3 is 92.2 Å². The topological polar surface area (TPSA) is 276 Å². The van der Waals surface area contributed by atoms with E-state index in [1.807, 2.05) is 34.6 Å². The molecule has 0 aromatic carbocycles. The fourth-order valence-corrected chi connectivity index (χ4v) is 14.8. The molecule has 434 valence electrons. The molecule has 0 amide bonds. The molecule has 8 rings (SSSR count). The van der Waals surface area contributed by atoms with E-state index in [-0.39, 0.29) is 41.7 Å². The van der Waals surface area contributed by atoms with Crippen LogP contribution in [0.2, 0.25) is 0 Å². The Bertz CT molecular complexity index is 2060. The number of aliphatic hydroxyl groups excluding tert-OH is 5. The minimum atomic E-state index is -1.67. The zero-order chi connectivity index (χ0) is 55.3. The molecule has 4 aliphatic carbocycles. The van der Waals surface area contributed by atoms with Crippen molar-refractivity contribution in [2.75, 3.05) is 27.9 Å². The van der Waals surface area contributed by atoms with Gasteiger partial charge >= 0.3 is 11.9 Å². The van der Waals surface area contributed by atoms with Crippen LogP contribution in [0.4, 0.5) is 0 Å². The second kappa shape index (κ2) is 24.1. The van der Waals surface area contributed by atoms with Crippen molar-refractivity contribution in [3.05, 3.63) is 23.3 Å². The number of carbonyl (C=O) groups is 2. The molecular formula is C55H88O21. The van der Waals surface area contributed by atoms with Crippen molar-refractivity contribution in [2.45, 2.75) is 255 Å². The summed E-state index contributed by atoms with van der Waals surface area (Å²) in [7, 11) is 4.56. The lowest BCUT2D eigenvalue weighted by molar-refractivity contribution is -0.373. The lowest BCUT2D eigenvalue weighted by Crippen LogP contribution is -2.67. The molecular weight excluding hydrogens is 997 g/mol. The Hall–Kier alpha value is -2.26. The average molecular weight is 1090 g/mol. The quantitative estimate of drug-likeness (QED) is 0.0737. The third kappa shape index (κ3) is 11.1. The first-order chi connectivity index (χ1) is 36.0. The molecule has 0 aromatic heterocycles. The van der Waals surface area contributed by atoms with E-state index in [1.54, 1.807) is 34.1 Å². The second-order valence-corrected chi connectivity index (χ2v) is 23.3. The molecule has 3 saturated carbocycles. The van der Waals surface area contributed by atoms with Gasteiger partial charge in [-0.15, -0.1) is 0 Å². The maximum absolute atomic E-state index is 13.5. The highest BCUT2D eigenvalue weighted by Crippen LogP contribution is 2.69. The summed E-state index contributed by atoms with van der Waals surface area (Å²) in [6.45, 7) is 15.9. The minimum Gasteiger partial charge on any atom is -0.463 e.